The summed E-state index contributed by atoms with van der Waals surface area (Å²) in [6.07, 6.45) is 5.10. The first-order chi connectivity index (χ1) is 12.7. The third-order valence-electron chi connectivity index (χ3n) is 4.59. The molecule has 0 unspecified atom stereocenters. The van der Waals surface area contributed by atoms with E-state index in [0.29, 0.717) is 12.2 Å². The van der Waals surface area contributed by atoms with Gasteiger partial charge in [0.1, 0.15) is 16.5 Å². The highest BCUT2D eigenvalue weighted by atomic mass is 32.1. The molecule has 4 rings (SSSR count). The number of aromatic nitrogens is 4. The van der Waals surface area contributed by atoms with Gasteiger partial charge in [-0.3, -0.25) is 4.79 Å². The summed E-state index contributed by atoms with van der Waals surface area (Å²) in [5.74, 6) is 1.55. The SMILES string of the molecule is CCc1c(C)sc2nc(Cc3nccn3Cc3ccccc3)[nH]c(=O)c12. The fraction of sp³-hybridized carbons (Fsp3) is 0.250. The van der Waals surface area contributed by atoms with Gasteiger partial charge in [-0.25, -0.2) is 9.97 Å². The number of nitrogens with zero attached hydrogens (tertiary/aromatic N) is 3. The van der Waals surface area contributed by atoms with Crippen molar-refractivity contribution in [2.45, 2.75) is 33.2 Å². The Bertz CT molecular complexity index is 1110. The van der Waals surface area contributed by atoms with Crippen LogP contribution in [0, 0.1) is 6.92 Å². The molecule has 0 saturated heterocycles. The van der Waals surface area contributed by atoms with Gasteiger partial charge >= 0.3 is 0 Å². The normalized spacial score (nSPS) is 11.3. The molecule has 0 aliphatic carbocycles. The van der Waals surface area contributed by atoms with Crippen molar-refractivity contribution in [1.29, 1.82) is 0 Å². The molecule has 1 N–H and O–H groups in total. The first-order valence-corrected chi connectivity index (χ1v) is 9.52. The fourth-order valence-electron chi connectivity index (χ4n) is 3.31. The smallest absolute Gasteiger partial charge is 0.259 e. The molecule has 0 atom stereocenters. The number of hydrogen-bond donors (Lipinski definition) is 1. The second kappa shape index (κ2) is 6.88. The number of imidazole rings is 1. The van der Waals surface area contributed by atoms with E-state index in [-0.39, 0.29) is 5.56 Å². The van der Waals surface area contributed by atoms with Crippen molar-refractivity contribution >= 4 is 21.6 Å². The molecule has 0 aliphatic heterocycles. The predicted octanol–water partition coefficient (Wildman–Crippen LogP) is 3.69. The number of H-pyrrole nitrogens is 1. The molecule has 0 radical (unpaired) electrons. The minimum atomic E-state index is -0.0487. The summed E-state index contributed by atoms with van der Waals surface area (Å²) in [7, 11) is 0. The first-order valence-electron chi connectivity index (χ1n) is 8.70. The maximum absolute atomic E-state index is 12.6. The summed E-state index contributed by atoms with van der Waals surface area (Å²) in [5, 5.41) is 0.742. The highest BCUT2D eigenvalue weighted by Crippen LogP contribution is 2.27. The monoisotopic (exact) mass is 364 g/mol. The molecule has 0 bridgehead atoms. The number of fused-ring (bicyclic) bond motifs is 1. The van der Waals surface area contributed by atoms with Crippen LogP contribution in [0.3, 0.4) is 0 Å². The van der Waals surface area contributed by atoms with E-state index in [9.17, 15) is 4.79 Å². The van der Waals surface area contributed by atoms with Crippen LogP contribution in [0.4, 0.5) is 0 Å². The molecule has 0 aliphatic rings. The minimum Gasteiger partial charge on any atom is -0.330 e. The number of hydrogen-bond acceptors (Lipinski definition) is 4. The van der Waals surface area contributed by atoms with Gasteiger partial charge in [0.15, 0.2) is 0 Å². The van der Waals surface area contributed by atoms with Gasteiger partial charge < -0.3 is 9.55 Å². The second-order valence-electron chi connectivity index (χ2n) is 6.32. The Labute approximate surface area is 155 Å². The zero-order chi connectivity index (χ0) is 18.1. The Morgan fingerprint density at radius 3 is 2.81 bits per heavy atom. The molecule has 26 heavy (non-hydrogen) atoms. The summed E-state index contributed by atoms with van der Waals surface area (Å²) in [5.41, 5.74) is 2.27. The van der Waals surface area contributed by atoms with Gasteiger partial charge in [-0.15, -0.1) is 11.3 Å². The van der Waals surface area contributed by atoms with E-state index in [2.05, 4.69) is 40.5 Å². The van der Waals surface area contributed by atoms with Crippen LogP contribution in [-0.2, 0) is 19.4 Å². The summed E-state index contributed by atoms with van der Waals surface area (Å²) in [4.78, 5) is 26.7. The molecule has 5 nitrogen and oxygen atoms in total. The maximum atomic E-state index is 12.6. The predicted molar refractivity (Wildman–Crippen MR) is 105 cm³/mol. The van der Waals surface area contributed by atoms with Crippen molar-refractivity contribution in [2.75, 3.05) is 0 Å². The lowest BCUT2D eigenvalue weighted by molar-refractivity contribution is 0.728. The molecular weight excluding hydrogens is 344 g/mol. The van der Waals surface area contributed by atoms with Crippen LogP contribution in [0.2, 0.25) is 0 Å². The summed E-state index contributed by atoms with van der Waals surface area (Å²) >= 11 is 1.59. The van der Waals surface area contributed by atoms with Crippen molar-refractivity contribution in [1.82, 2.24) is 19.5 Å². The van der Waals surface area contributed by atoms with E-state index in [1.54, 1.807) is 17.5 Å². The van der Waals surface area contributed by atoms with E-state index in [4.69, 9.17) is 4.98 Å². The Balaban J connectivity index is 1.66. The number of rotatable bonds is 5. The molecule has 132 valence electrons. The van der Waals surface area contributed by atoms with Crippen LogP contribution in [0.15, 0.2) is 47.5 Å². The molecule has 0 fully saturated rings. The minimum absolute atomic E-state index is 0.0487. The van der Waals surface area contributed by atoms with Crippen molar-refractivity contribution in [3.8, 4) is 0 Å². The Hall–Kier alpha value is -2.73. The van der Waals surface area contributed by atoms with Crippen molar-refractivity contribution < 1.29 is 0 Å². The zero-order valence-electron chi connectivity index (χ0n) is 14.8. The van der Waals surface area contributed by atoms with Crippen molar-refractivity contribution in [3.05, 3.63) is 80.7 Å². The number of benzene rings is 1. The number of nitrogens with one attached hydrogen (secondary N) is 1. The van der Waals surface area contributed by atoms with Crippen molar-refractivity contribution in [3.63, 3.8) is 0 Å². The maximum Gasteiger partial charge on any atom is 0.259 e. The van der Waals surface area contributed by atoms with Gasteiger partial charge in [-0.2, -0.15) is 0 Å². The standard InChI is InChI=1S/C20H20N4OS/c1-3-15-13(2)26-20-18(15)19(25)22-16(23-20)11-17-21-9-10-24(17)12-14-7-5-4-6-8-14/h4-10H,3,11-12H2,1-2H3,(H,22,23,25). The lowest BCUT2D eigenvalue weighted by Crippen LogP contribution is -2.14. The molecule has 0 spiro atoms. The van der Waals surface area contributed by atoms with Gasteiger partial charge in [-0.05, 0) is 24.5 Å². The Kier molecular flexibility index (Phi) is 4.42. The van der Waals surface area contributed by atoms with Crippen LogP contribution in [0.25, 0.3) is 10.2 Å². The Morgan fingerprint density at radius 2 is 2.04 bits per heavy atom. The fourth-order valence-corrected chi connectivity index (χ4v) is 4.44. The van der Waals surface area contributed by atoms with E-state index in [0.717, 1.165) is 34.6 Å². The molecular formula is C20H20N4OS. The van der Waals surface area contributed by atoms with Crippen LogP contribution in [-0.4, -0.2) is 19.5 Å². The number of aromatic amines is 1. The van der Waals surface area contributed by atoms with Gasteiger partial charge in [-0.1, -0.05) is 37.3 Å². The molecule has 0 saturated carbocycles. The van der Waals surface area contributed by atoms with Gasteiger partial charge in [0.05, 0.1) is 11.8 Å². The second-order valence-corrected chi connectivity index (χ2v) is 7.52. The average Bonchev–Trinajstić information content (AvgIpc) is 3.19. The lowest BCUT2D eigenvalue weighted by atomic mass is 10.1. The molecule has 1 aromatic carbocycles. The third kappa shape index (κ3) is 3.08. The van der Waals surface area contributed by atoms with Crippen LogP contribution < -0.4 is 5.56 Å². The van der Waals surface area contributed by atoms with Gasteiger partial charge in [0, 0.05) is 23.8 Å². The highest BCUT2D eigenvalue weighted by molar-refractivity contribution is 7.18. The first kappa shape index (κ1) is 16.7. The summed E-state index contributed by atoms with van der Waals surface area (Å²) in [6.45, 7) is 4.87. The van der Waals surface area contributed by atoms with Crippen LogP contribution in [0.1, 0.15) is 34.6 Å². The molecule has 0 amide bonds. The van der Waals surface area contributed by atoms with E-state index < -0.39 is 0 Å². The molecule has 4 aromatic rings. The Morgan fingerprint density at radius 1 is 1.23 bits per heavy atom. The zero-order valence-corrected chi connectivity index (χ0v) is 15.6. The molecule has 3 aromatic heterocycles. The average molecular weight is 364 g/mol. The lowest BCUT2D eigenvalue weighted by Gasteiger charge is -2.08. The number of aryl methyl sites for hydroxylation is 2. The topological polar surface area (TPSA) is 63.6 Å². The molecule has 6 heteroatoms. The highest BCUT2D eigenvalue weighted by Gasteiger charge is 2.15. The van der Waals surface area contributed by atoms with Crippen LogP contribution >= 0.6 is 11.3 Å². The van der Waals surface area contributed by atoms with Gasteiger partial charge in [0.2, 0.25) is 0 Å². The third-order valence-corrected chi connectivity index (χ3v) is 5.63. The molecule has 3 heterocycles. The summed E-state index contributed by atoms with van der Waals surface area (Å²) < 4.78 is 2.09. The number of thiophene rings is 1. The van der Waals surface area contributed by atoms with Crippen molar-refractivity contribution in [2.24, 2.45) is 0 Å². The van der Waals surface area contributed by atoms with Crippen LogP contribution in [0.5, 0.6) is 0 Å². The van der Waals surface area contributed by atoms with E-state index in [1.807, 2.05) is 24.4 Å². The largest absolute Gasteiger partial charge is 0.330 e. The van der Waals surface area contributed by atoms with Gasteiger partial charge in [0.25, 0.3) is 5.56 Å². The summed E-state index contributed by atoms with van der Waals surface area (Å²) in [6, 6.07) is 10.3. The van der Waals surface area contributed by atoms with E-state index in [1.165, 1.54) is 10.4 Å². The van der Waals surface area contributed by atoms with E-state index >= 15 is 0 Å². The quantitative estimate of drug-likeness (QED) is 0.587.